The standard InChI is InChI=1S/C19H22ClNO4/c1-3-4-10-24-15-6-5-7-16(12-15)25-13-19(22)21-17-11-14(20)8-9-18(17)23-2/h5-9,11-12H,3-4,10,13H2,1-2H3,(H,21,22). The van der Waals surface area contributed by atoms with Crippen LogP contribution in [0.15, 0.2) is 42.5 Å². The summed E-state index contributed by atoms with van der Waals surface area (Å²) in [7, 11) is 1.53. The Bertz CT molecular complexity index is 706. The van der Waals surface area contributed by atoms with E-state index in [1.54, 1.807) is 30.3 Å². The van der Waals surface area contributed by atoms with Crippen molar-refractivity contribution in [3.8, 4) is 17.2 Å². The fourth-order valence-corrected chi connectivity index (χ4v) is 2.27. The largest absolute Gasteiger partial charge is 0.495 e. The van der Waals surface area contributed by atoms with Crippen molar-refractivity contribution in [2.45, 2.75) is 19.8 Å². The lowest BCUT2D eigenvalue weighted by Crippen LogP contribution is -2.20. The number of methoxy groups -OCH3 is 1. The lowest BCUT2D eigenvalue weighted by atomic mass is 10.3. The monoisotopic (exact) mass is 363 g/mol. The topological polar surface area (TPSA) is 56.8 Å². The van der Waals surface area contributed by atoms with E-state index >= 15 is 0 Å². The maximum absolute atomic E-state index is 12.1. The highest BCUT2D eigenvalue weighted by Gasteiger charge is 2.09. The van der Waals surface area contributed by atoms with Crippen LogP contribution in [0.2, 0.25) is 5.02 Å². The van der Waals surface area contributed by atoms with Crippen molar-refractivity contribution in [2.24, 2.45) is 0 Å². The van der Waals surface area contributed by atoms with E-state index in [1.807, 2.05) is 12.1 Å². The maximum atomic E-state index is 12.1. The van der Waals surface area contributed by atoms with Crippen molar-refractivity contribution in [1.29, 1.82) is 0 Å². The number of unbranched alkanes of at least 4 members (excludes halogenated alkanes) is 1. The summed E-state index contributed by atoms with van der Waals surface area (Å²) < 4.78 is 16.3. The van der Waals surface area contributed by atoms with Crippen LogP contribution in [0, 0.1) is 0 Å². The van der Waals surface area contributed by atoms with Crippen molar-refractivity contribution in [1.82, 2.24) is 0 Å². The highest BCUT2D eigenvalue weighted by Crippen LogP contribution is 2.27. The predicted octanol–water partition coefficient (Wildman–Crippen LogP) is 4.55. The van der Waals surface area contributed by atoms with E-state index in [4.69, 9.17) is 25.8 Å². The van der Waals surface area contributed by atoms with Crippen LogP contribution >= 0.6 is 11.6 Å². The SMILES string of the molecule is CCCCOc1cccc(OCC(=O)Nc2cc(Cl)ccc2OC)c1. The Morgan fingerprint density at radius 3 is 2.60 bits per heavy atom. The Morgan fingerprint density at radius 2 is 1.88 bits per heavy atom. The number of halogens is 1. The maximum Gasteiger partial charge on any atom is 0.262 e. The number of amides is 1. The van der Waals surface area contributed by atoms with E-state index in [-0.39, 0.29) is 12.5 Å². The molecule has 2 rings (SSSR count). The van der Waals surface area contributed by atoms with Gasteiger partial charge in [-0.1, -0.05) is 31.0 Å². The van der Waals surface area contributed by atoms with Crippen molar-refractivity contribution in [2.75, 3.05) is 25.6 Å². The molecule has 1 N–H and O–H groups in total. The van der Waals surface area contributed by atoms with Crippen LogP contribution in [0.4, 0.5) is 5.69 Å². The number of hydrogen-bond acceptors (Lipinski definition) is 4. The lowest BCUT2D eigenvalue weighted by Gasteiger charge is -2.12. The Labute approximate surface area is 152 Å². The van der Waals surface area contributed by atoms with Gasteiger partial charge in [-0.3, -0.25) is 4.79 Å². The van der Waals surface area contributed by atoms with Gasteiger partial charge in [0.05, 0.1) is 19.4 Å². The molecule has 0 aliphatic rings. The fraction of sp³-hybridized carbons (Fsp3) is 0.316. The van der Waals surface area contributed by atoms with Gasteiger partial charge in [0.15, 0.2) is 6.61 Å². The summed E-state index contributed by atoms with van der Waals surface area (Å²) in [5.41, 5.74) is 0.500. The Balaban J connectivity index is 1.90. The molecule has 0 saturated heterocycles. The Kier molecular flexibility index (Phi) is 7.41. The van der Waals surface area contributed by atoms with E-state index in [9.17, 15) is 4.79 Å². The van der Waals surface area contributed by atoms with Crippen LogP contribution in [-0.2, 0) is 4.79 Å². The molecule has 0 saturated carbocycles. The Morgan fingerprint density at radius 1 is 1.12 bits per heavy atom. The highest BCUT2D eigenvalue weighted by molar-refractivity contribution is 6.31. The predicted molar refractivity (Wildman–Crippen MR) is 99.0 cm³/mol. The highest BCUT2D eigenvalue weighted by atomic mass is 35.5. The number of nitrogens with one attached hydrogen (secondary N) is 1. The average Bonchev–Trinajstić information content (AvgIpc) is 2.61. The molecule has 0 aliphatic carbocycles. The number of benzene rings is 2. The van der Waals surface area contributed by atoms with Gasteiger partial charge in [0, 0.05) is 11.1 Å². The number of ether oxygens (including phenoxy) is 3. The third-order valence-electron chi connectivity index (χ3n) is 3.38. The summed E-state index contributed by atoms with van der Waals surface area (Å²) in [6.07, 6.45) is 2.07. The zero-order valence-corrected chi connectivity index (χ0v) is 15.1. The van der Waals surface area contributed by atoms with Gasteiger partial charge in [-0.15, -0.1) is 0 Å². The molecule has 1 amide bonds. The van der Waals surface area contributed by atoms with Crippen LogP contribution in [0.1, 0.15) is 19.8 Å². The van der Waals surface area contributed by atoms with Crippen LogP contribution in [-0.4, -0.2) is 26.2 Å². The average molecular weight is 364 g/mol. The summed E-state index contributed by atoms with van der Waals surface area (Å²) in [6.45, 7) is 2.64. The molecule has 2 aromatic carbocycles. The summed E-state index contributed by atoms with van der Waals surface area (Å²) in [6, 6.07) is 12.2. The molecule has 0 aromatic heterocycles. The van der Waals surface area contributed by atoms with Gasteiger partial charge in [0.25, 0.3) is 5.91 Å². The summed E-state index contributed by atoms with van der Waals surface area (Å²) in [5.74, 6) is 1.52. The molecule has 0 spiro atoms. The molecule has 0 heterocycles. The number of hydrogen-bond donors (Lipinski definition) is 1. The van der Waals surface area contributed by atoms with Crippen molar-refractivity contribution >= 4 is 23.2 Å². The molecule has 0 atom stereocenters. The molecular formula is C19H22ClNO4. The molecule has 6 heteroatoms. The van der Waals surface area contributed by atoms with Gasteiger partial charge in [-0.05, 0) is 36.8 Å². The normalized spacial score (nSPS) is 10.2. The fourth-order valence-electron chi connectivity index (χ4n) is 2.10. The van der Waals surface area contributed by atoms with E-state index in [1.165, 1.54) is 7.11 Å². The first-order valence-electron chi connectivity index (χ1n) is 8.11. The van der Waals surface area contributed by atoms with Crippen LogP contribution in [0.3, 0.4) is 0 Å². The smallest absolute Gasteiger partial charge is 0.262 e. The van der Waals surface area contributed by atoms with Crippen molar-refractivity contribution < 1.29 is 19.0 Å². The number of anilines is 1. The number of carbonyl (C=O) groups is 1. The molecule has 0 radical (unpaired) electrons. The number of carbonyl (C=O) groups excluding carboxylic acids is 1. The van der Waals surface area contributed by atoms with E-state index in [2.05, 4.69) is 12.2 Å². The Hall–Kier alpha value is -2.40. The van der Waals surface area contributed by atoms with Crippen molar-refractivity contribution in [3.63, 3.8) is 0 Å². The zero-order valence-electron chi connectivity index (χ0n) is 14.4. The molecule has 0 unspecified atom stereocenters. The van der Waals surface area contributed by atoms with Crippen LogP contribution < -0.4 is 19.5 Å². The molecule has 0 aliphatic heterocycles. The minimum absolute atomic E-state index is 0.131. The first kappa shape index (κ1) is 18.9. The number of rotatable bonds is 9. The van der Waals surface area contributed by atoms with Gasteiger partial charge >= 0.3 is 0 Å². The second kappa shape index (κ2) is 9.79. The molecule has 0 fully saturated rings. The van der Waals surface area contributed by atoms with E-state index < -0.39 is 0 Å². The molecule has 2 aromatic rings. The first-order chi connectivity index (χ1) is 12.1. The zero-order chi connectivity index (χ0) is 18.1. The molecule has 0 bridgehead atoms. The van der Waals surface area contributed by atoms with Gasteiger partial charge in [0.1, 0.15) is 17.2 Å². The molecular weight excluding hydrogens is 342 g/mol. The first-order valence-corrected chi connectivity index (χ1v) is 8.49. The van der Waals surface area contributed by atoms with E-state index in [0.717, 1.165) is 18.6 Å². The minimum Gasteiger partial charge on any atom is -0.495 e. The molecule has 134 valence electrons. The van der Waals surface area contributed by atoms with Gasteiger partial charge in [0.2, 0.25) is 0 Å². The van der Waals surface area contributed by atoms with Crippen LogP contribution in [0.5, 0.6) is 17.2 Å². The van der Waals surface area contributed by atoms with Crippen LogP contribution in [0.25, 0.3) is 0 Å². The third-order valence-corrected chi connectivity index (χ3v) is 3.61. The summed E-state index contributed by atoms with van der Waals surface area (Å²) in [4.78, 5) is 12.1. The third kappa shape index (κ3) is 6.19. The lowest BCUT2D eigenvalue weighted by molar-refractivity contribution is -0.118. The quantitative estimate of drug-likeness (QED) is 0.664. The molecule has 25 heavy (non-hydrogen) atoms. The van der Waals surface area contributed by atoms with Gasteiger partial charge in [-0.25, -0.2) is 0 Å². The summed E-state index contributed by atoms with van der Waals surface area (Å²) in [5, 5.41) is 3.23. The van der Waals surface area contributed by atoms with Gasteiger partial charge < -0.3 is 19.5 Å². The molecule has 5 nitrogen and oxygen atoms in total. The van der Waals surface area contributed by atoms with E-state index in [0.29, 0.717) is 28.8 Å². The van der Waals surface area contributed by atoms with Gasteiger partial charge in [-0.2, -0.15) is 0 Å². The summed E-state index contributed by atoms with van der Waals surface area (Å²) >= 11 is 5.95. The second-order valence-corrected chi connectivity index (χ2v) is 5.79. The minimum atomic E-state index is -0.308. The van der Waals surface area contributed by atoms with Crippen molar-refractivity contribution in [3.05, 3.63) is 47.5 Å². The second-order valence-electron chi connectivity index (χ2n) is 5.36.